The first-order valence-corrected chi connectivity index (χ1v) is 3.56. The van der Waals surface area contributed by atoms with Crippen molar-refractivity contribution in [3.8, 4) is 0 Å². The molecule has 0 saturated carbocycles. The lowest BCUT2D eigenvalue weighted by molar-refractivity contribution is -0.144. The third-order valence-electron chi connectivity index (χ3n) is 1.51. The van der Waals surface area contributed by atoms with Gasteiger partial charge in [0.15, 0.2) is 5.69 Å². The summed E-state index contributed by atoms with van der Waals surface area (Å²) in [5.41, 5.74) is 3.27. The summed E-state index contributed by atoms with van der Waals surface area (Å²) in [6.07, 6.45) is -5.15. The molecule has 0 saturated heterocycles. The van der Waals surface area contributed by atoms with Crippen LogP contribution in [0.3, 0.4) is 0 Å². The van der Waals surface area contributed by atoms with Gasteiger partial charge in [0.05, 0.1) is 6.42 Å². The molecule has 78 valence electrons. The summed E-state index contributed by atoms with van der Waals surface area (Å²) in [5, 5.41) is 6.39. The minimum absolute atomic E-state index is 0.451. The number of carbonyl (C=O) groups excluding carboxylic acids is 1. The molecule has 0 bridgehead atoms. The van der Waals surface area contributed by atoms with Gasteiger partial charge < -0.3 is 5.73 Å². The molecule has 0 aliphatic heterocycles. The molecule has 1 aromatic heterocycles. The maximum Gasteiger partial charge on any atom is 0.434 e. The van der Waals surface area contributed by atoms with E-state index in [2.05, 4.69) is 10.3 Å². The van der Waals surface area contributed by atoms with Crippen LogP contribution in [0.2, 0.25) is 0 Å². The first-order valence-electron chi connectivity index (χ1n) is 3.56. The van der Waals surface area contributed by atoms with Crippen LogP contribution < -0.4 is 5.73 Å². The lowest BCUT2D eigenvalue weighted by Crippen LogP contribution is -2.19. The number of primary amides is 1. The first kappa shape index (κ1) is 10.5. The van der Waals surface area contributed by atoms with Gasteiger partial charge >= 0.3 is 6.18 Å². The van der Waals surface area contributed by atoms with E-state index < -0.39 is 29.9 Å². The molecule has 2 N–H and O–H groups in total. The van der Waals surface area contributed by atoms with Crippen LogP contribution in [0, 0.1) is 0 Å². The van der Waals surface area contributed by atoms with Gasteiger partial charge in [-0.2, -0.15) is 13.2 Å². The van der Waals surface area contributed by atoms with Crippen LogP contribution in [-0.2, 0) is 24.4 Å². The Bertz CT molecular complexity index is 356. The predicted molar refractivity (Wildman–Crippen MR) is 38.9 cm³/mol. The molecule has 0 atom stereocenters. The van der Waals surface area contributed by atoms with E-state index >= 15 is 0 Å². The van der Waals surface area contributed by atoms with Crippen LogP contribution in [0.15, 0.2) is 0 Å². The second-order valence-electron chi connectivity index (χ2n) is 2.65. The molecule has 1 rings (SSSR count). The fraction of sp³-hybridized carbons (Fsp3) is 0.500. The van der Waals surface area contributed by atoms with Crippen LogP contribution in [-0.4, -0.2) is 20.9 Å². The SMILES string of the molecule is Cn1nnc(CC(N)=O)c1C(F)(F)F. The van der Waals surface area contributed by atoms with Crippen LogP contribution in [0.1, 0.15) is 11.4 Å². The van der Waals surface area contributed by atoms with Crippen LogP contribution in [0.5, 0.6) is 0 Å². The number of alkyl halides is 3. The van der Waals surface area contributed by atoms with Crippen molar-refractivity contribution in [2.45, 2.75) is 12.6 Å². The Morgan fingerprint density at radius 2 is 2.14 bits per heavy atom. The average Bonchev–Trinajstić information content (AvgIpc) is 2.28. The highest BCUT2D eigenvalue weighted by atomic mass is 19.4. The number of rotatable bonds is 2. The average molecular weight is 208 g/mol. The van der Waals surface area contributed by atoms with E-state index in [-0.39, 0.29) is 0 Å². The summed E-state index contributed by atoms with van der Waals surface area (Å²) in [6.45, 7) is 0. The number of hydrogen-bond donors (Lipinski definition) is 1. The second-order valence-corrected chi connectivity index (χ2v) is 2.65. The van der Waals surface area contributed by atoms with Gasteiger partial charge in [0.1, 0.15) is 5.69 Å². The molecule has 0 unspecified atom stereocenters. The predicted octanol–water partition coefficient (Wildman–Crippen LogP) is -0.138. The van der Waals surface area contributed by atoms with Gasteiger partial charge in [-0.15, -0.1) is 5.10 Å². The Morgan fingerprint density at radius 3 is 2.57 bits per heavy atom. The van der Waals surface area contributed by atoms with Crippen molar-refractivity contribution in [2.75, 3.05) is 0 Å². The number of hydrogen-bond acceptors (Lipinski definition) is 3. The molecule has 0 aromatic carbocycles. The molecule has 8 heteroatoms. The van der Waals surface area contributed by atoms with Crippen molar-refractivity contribution in [3.05, 3.63) is 11.4 Å². The normalized spacial score (nSPS) is 11.7. The third kappa shape index (κ3) is 2.01. The zero-order valence-corrected chi connectivity index (χ0v) is 7.17. The van der Waals surface area contributed by atoms with Crippen LogP contribution in [0.4, 0.5) is 13.2 Å². The van der Waals surface area contributed by atoms with E-state index in [1.165, 1.54) is 0 Å². The van der Waals surface area contributed by atoms with E-state index in [4.69, 9.17) is 5.73 Å². The molecular formula is C6H7F3N4O. The number of nitrogens with two attached hydrogens (primary N) is 1. The number of halogens is 3. The molecule has 0 aliphatic rings. The Morgan fingerprint density at radius 1 is 1.57 bits per heavy atom. The van der Waals surface area contributed by atoms with Gasteiger partial charge in [-0.05, 0) is 0 Å². The highest BCUT2D eigenvalue weighted by Crippen LogP contribution is 2.30. The molecular weight excluding hydrogens is 201 g/mol. The largest absolute Gasteiger partial charge is 0.434 e. The fourth-order valence-electron chi connectivity index (χ4n) is 1.03. The van der Waals surface area contributed by atoms with E-state index in [1.807, 2.05) is 0 Å². The van der Waals surface area contributed by atoms with E-state index in [1.54, 1.807) is 0 Å². The Kier molecular flexibility index (Phi) is 2.45. The lowest BCUT2D eigenvalue weighted by atomic mass is 10.2. The van der Waals surface area contributed by atoms with Crippen LogP contribution in [0.25, 0.3) is 0 Å². The summed E-state index contributed by atoms with van der Waals surface area (Å²) >= 11 is 0. The molecule has 14 heavy (non-hydrogen) atoms. The Hall–Kier alpha value is -1.60. The van der Waals surface area contributed by atoms with Gasteiger partial charge in [-0.3, -0.25) is 4.79 Å². The topological polar surface area (TPSA) is 73.8 Å². The Balaban J connectivity index is 3.13. The summed E-state index contributed by atoms with van der Waals surface area (Å²) in [7, 11) is 1.10. The van der Waals surface area contributed by atoms with Crippen molar-refractivity contribution < 1.29 is 18.0 Å². The first-order chi connectivity index (χ1) is 6.32. The smallest absolute Gasteiger partial charge is 0.369 e. The number of nitrogens with zero attached hydrogens (tertiary/aromatic N) is 3. The van der Waals surface area contributed by atoms with Gasteiger partial charge in [-0.1, -0.05) is 5.21 Å². The molecule has 0 radical (unpaired) electrons. The van der Waals surface area contributed by atoms with Crippen molar-refractivity contribution >= 4 is 5.91 Å². The zero-order chi connectivity index (χ0) is 10.9. The standard InChI is InChI=1S/C6H7F3N4O/c1-13-5(6(7,8)9)3(11-12-13)2-4(10)14/h2H2,1H3,(H2,10,14). The van der Waals surface area contributed by atoms with Crippen molar-refractivity contribution in [2.24, 2.45) is 12.8 Å². The molecule has 1 amide bonds. The van der Waals surface area contributed by atoms with E-state index in [9.17, 15) is 18.0 Å². The second kappa shape index (κ2) is 3.28. The van der Waals surface area contributed by atoms with Gasteiger partial charge in [0, 0.05) is 7.05 Å². The summed E-state index contributed by atoms with van der Waals surface area (Å²) in [5.74, 6) is -0.879. The van der Waals surface area contributed by atoms with Crippen molar-refractivity contribution in [1.82, 2.24) is 15.0 Å². The lowest BCUT2D eigenvalue weighted by Gasteiger charge is -2.06. The van der Waals surface area contributed by atoms with E-state index in [0.717, 1.165) is 7.05 Å². The number of amides is 1. The number of carbonyl (C=O) groups is 1. The number of aromatic nitrogens is 3. The van der Waals surface area contributed by atoms with Gasteiger partial charge in [0.25, 0.3) is 0 Å². The maximum atomic E-state index is 12.3. The van der Waals surface area contributed by atoms with Crippen LogP contribution >= 0.6 is 0 Å². The minimum atomic E-state index is -4.58. The number of aryl methyl sites for hydroxylation is 1. The highest BCUT2D eigenvalue weighted by molar-refractivity contribution is 5.76. The quantitative estimate of drug-likeness (QED) is 0.735. The zero-order valence-electron chi connectivity index (χ0n) is 7.17. The molecule has 0 spiro atoms. The Labute approximate surface area is 76.7 Å². The molecule has 0 fully saturated rings. The summed E-state index contributed by atoms with van der Waals surface area (Å²) < 4.78 is 37.6. The molecule has 1 heterocycles. The fourth-order valence-corrected chi connectivity index (χ4v) is 1.03. The monoisotopic (exact) mass is 208 g/mol. The minimum Gasteiger partial charge on any atom is -0.369 e. The van der Waals surface area contributed by atoms with Gasteiger partial charge in [-0.25, -0.2) is 4.68 Å². The molecule has 5 nitrogen and oxygen atoms in total. The molecule has 0 aliphatic carbocycles. The van der Waals surface area contributed by atoms with Crippen molar-refractivity contribution in [1.29, 1.82) is 0 Å². The maximum absolute atomic E-state index is 12.3. The van der Waals surface area contributed by atoms with Gasteiger partial charge in [0.2, 0.25) is 5.91 Å². The summed E-state index contributed by atoms with van der Waals surface area (Å²) in [4.78, 5) is 10.4. The highest BCUT2D eigenvalue weighted by Gasteiger charge is 2.38. The van der Waals surface area contributed by atoms with E-state index in [0.29, 0.717) is 4.68 Å². The molecule has 1 aromatic rings. The summed E-state index contributed by atoms with van der Waals surface area (Å²) in [6, 6.07) is 0. The van der Waals surface area contributed by atoms with Crippen molar-refractivity contribution in [3.63, 3.8) is 0 Å². The third-order valence-corrected chi connectivity index (χ3v) is 1.51.